The van der Waals surface area contributed by atoms with Gasteiger partial charge in [-0.25, -0.2) is 0 Å². The van der Waals surface area contributed by atoms with E-state index in [4.69, 9.17) is 0 Å². The summed E-state index contributed by atoms with van der Waals surface area (Å²) in [6.07, 6.45) is 4.93. The number of rotatable bonds is 7. The molecule has 0 aliphatic carbocycles. The SMILES string of the molecule is C=C1CNC(=O)CNC(=O)[C@H](CCCCCC(=O)C(C)=O)NC(=O)C2CCCCN12. The molecule has 0 aromatic heterocycles. The molecule has 0 aromatic carbocycles. The second-order valence-corrected chi connectivity index (χ2v) is 7.91. The number of unbranched alkanes of at least 4 members (excludes halogenated alkanes) is 2. The molecular formula is C21H32N4O5. The van der Waals surface area contributed by atoms with Crippen LogP contribution in [0.15, 0.2) is 12.3 Å². The maximum absolute atomic E-state index is 12.9. The summed E-state index contributed by atoms with van der Waals surface area (Å²) < 4.78 is 0. The fourth-order valence-corrected chi connectivity index (χ4v) is 3.76. The number of amides is 3. The third-order valence-electron chi connectivity index (χ3n) is 5.55. The summed E-state index contributed by atoms with van der Waals surface area (Å²) in [6.45, 7) is 6.03. The molecule has 0 bridgehead atoms. The molecule has 30 heavy (non-hydrogen) atoms. The van der Waals surface area contributed by atoms with E-state index in [0.717, 1.165) is 12.8 Å². The van der Waals surface area contributed by atoms with Gasteiger partial charge in [0.2, 0.25) is 17.7 Å². The van der Waals surface area contributed by atoms with E-state index in [9.17, 15) is 24.0 Å². The van der Waals surface area contributed by atoms with Crippen molar-refractivity contribution in [3.63, 3.8) is 0 Å². The minimum Gasteiger partial charge on any atom is -0.362 e. The molecule has 0 saturated carbocycles. The maximum atomic E-state index is 12.9. The Balaban J connectivity index is 2.00. The summed E-state index contributed by atoms with van der Waals surface area (Å²) in [7, 11) is 0. The average Bonchev–Trinajstić information content (AvgIpc) is 2.73. The molecule has 2 rings (SSSR count). The van der Waals surface area contributed by atoms with Crippen molar-refractivity contribution in [1.82, 2.24) is 20.9 Å². The maximum Gasteiger partial charge on any atom is 0.243 e. The quantitative estimate of drug-likeness (QED) is 0.399. The highest BCUT2D eigenvalue weighted by Gasteiger charge is 2.32. The van der Waals surface area contributed by atoms with E-state index in [1.54, 1.807) is 0 Å². The molecule has 2 aliphatic rings. The summed E-state index contributed by atoms with van der Waals surface area (Å²) in [4.78, 5) is 61.8. The van der Waals surface area contributed by atoms with Gasteiger partial charge in [-0.05, 0) is 32.1 Å². The second-order valence-electron chi connectivity index (χ2n) is 7.91. The molecule has 0 radical (unpaired) electrons. The van der Waals surface area contributed by atoms with E-state index in [2.05, 4.69) is 22.5 Å². The van der Waals surface area contributed by atoms with Gasteiger partial charge in [0.05, 0.1) is 13.1 Å². The first-order chi connectivity index (χ1) is 14.3. The van der Waals surface area contributed by atoms with Gasteiger partial charge in [-0.3, -0.25) is 24.0 Å². The average molecular weight is 421 g/mol. The lowest BCUT2D eigenvalue weighted by atomic mass is 9.99. The molecule has 2 heterocycles. The minimum atomic E-state index is -0.759. The molecule has 0 aromatic rings. The normalized spacial score (nSPS) is 23.3. The van der Waals surface area contributed by atoms with E-state index >= 15 is 0 Å². The van der Waals surface area contributed by atoms with Crippen molar-refractivity contribution < 1.29 is 24.0 Å². The van der Waals surface area contributed by atoms with E-state index in [0.29, 0.717) is 44.3 Å². The number of hydrogen-bond acceptors (Lipinski definition) is 6. The number of fused-ring (bicyclic) bond motifs is 1. The highest BCUT2D eigenvalue weighted by molar-refractivity contribution is 6.36. The van der Waals surface area contributed by atoms with Crippen molar-refractivity contribution in [2.45, 2.75) is 70.4 Å². The standard InChI is InChI=1S/C21H32N4O5/c1-14-12-22-19(28)13-23-20(29)16(8-4-3-5-10-18(27)15(2)26)24-21(30)17-9-6-7-11-25(14)17/h16-17H,1,3-13H2,2H3,(H,22,28)(H,23,29)(H,24,30)/t16-,17?/m0/s1. The largest absolute Gasteiger partial charge is 0.362 e. The molecule has 2 fully saturated rings. The van der Waals surface area contributed by atoms with E-state index in [1.165, 1.54) is 6.92 Å². The van der Waals surface area contributed by atoms with Crippen LogP contribution < -0.4 is 16.0 Å². The predicted molar refractivity (Wildman–Crippen MR) is 110 cm³/mol. The number of nitrogens with zero attached hydrogens (tertiary/aromatic N) is 1. The molecule has 0 spiro atoms. The molecule has 1 unspecified atom stereocenters. The molecular weight excluding hydrogens is 388 g/mol. The van der Waals surface area contributed by atoms with E-state index in [-0.39, 0.29) is 31.3 Å². The van der Waals surface area contributed by atoms with Crippen molar-refractivity contribution in [3.05, 3.63) is 12.3 Å². The van der Waals surface area contributed by atoms with Crippen LogP contribution in [0.4, 0.5) is 0 Å². The predicted octanol–water partition coefficient (Wildman–Crippen LogP) is 0.194. The number of carbonyl (C=O) groups is 5. The molecule has 9 nitrogen and oxygen atoms in total. The monoisotopic (exact) mass is 420 g/mol. The Morgan fingerprint density at radius 3 is 2.53 bits per heavy atom. The van der Waals surface area contributed by atoms with Crippen LogP contribution in [0.5, 0.6) is 0 Å². The molecule has 3 N–H and O–H groups in total. The smallest absolute Gasteiger partial charge is 0.243 e. The van der Waals surface area contributed by atoms with Crippen molar-refractivity contribution in [1.29, 1.82) is 0 Å². The Morgan fingerprint density at radius 2 is 1.80 bits per heavy atom. The first-order valence-corrected chi connectivity index (χ1v) is 10.6. The van der Waals surface area contributed by atoms with Crippen LogP contribution in [0, 0.1) is 0 Å². The zero-order chi connectivity index (χ0) is 22.1. The fourth-order valence-electron chi connectivity index (χ4n) is 3.76. The highest BCUT2D eigenvalue weighted by Crippen LogP contribution is 2.21. The van der Waals surface area contributed by atoms with Crippen LogP contribution in [-0.4, -0.2) is 65.9 Å². The van der Waals surface area contributed by atoms with E-state index in [1.807, 2.05) is 4.90 Å². The Labute approximate surface area is 177 Å². The lowest BCUT2D eigenvalue weighted by Crippen LogP contribution is -2.56. The molecule has 2 saturated heterocycles. The zero-order valence-corrected chi connectivity index (χ0v) is 17.6. The summed E-state index contributed by atoms with van der Waals surface area (Å²) in [5.74, 6) is -1.77. The summed E-state index contributed by atoms with van der Waals surface area (Å²) in [6, 6.07) is -1.17. The highest BCUT2D eigenvalue weighted by atomic mass is 16.2. The lowest BCUT2D eigenvalue weighted by Gasteiger charge is -2.38. The van der Waals surface area contributed by atoms with Gasteiger partial charge in [-0.15, -0.1) is 0 Å². The summed E-state index contributed by atoms with van der Waals surface area (Å²) in [5, 5.41) is 8.15. The van der Waals surface area contributed by atoms with Gasteiger partial charge in [0.25, 0.3) is 0 Å². The fraction of sp³-hybridized carbons (Fsp3) is 0.667. The minimum absolute atomic E-state index is 0.172. The van der Waals surface area contributed by atoms with Gasteiger partial charge in [0.15, 0.2) is 11.6 Å². The Hall–Kier alpha value is -2.71. The number of nitrogens with one attached hydrogen (secondary N) is 3. The Kier molecular flexibility index (Phi) is 9.01. The number of Topliss-reactive ketones (excluding diaryl/α,β-unsaturated/α-hetero) is 2. The summed E-state index contributed by atoms with van der Waals surface area (Å²) >= 11 is 0. The van der Waals surface area contributed by atoms with Gasteiger partial charge < -0.3 is 20.9 Å². The van der Waals surface area contributed by atoms with Crippen LogP contribution in [0.1, 0.15) is 58.3 Å². The second kappa shape index (κ2) is 11.5. The number of hydrogen-bond donors (Lipinski definition) is 3. The summed E-state index contributed by atoms with van der Waals surface area (Å²) in [5.41, 5.74) is 0.682. The van der Waals surface area contributed by atoms with Crippen LogP contribution in [-0.2, 0) is 24.0 Å². The van der Waals surface area contributed by atoms with Crippen molar-refractivity contribution in [2.24, 2.45) is 0 Å². The van der Waals surface area contributed by atoms with Crippen LogP contribution >= 0.6 is 0 Å². The van der Waals surface area contributed by atoms with Crippen molar-refractivity contribution >= 4 is 29.3 Å². The Bertz CT molecular complexity index is 706. The van der Waals surface area contributed by atoms with Crippen LogP contribution in [0.25, 0.3) is 0 Å². The number of piperidine rings is 1. The van der Waals surface area contributed by atoms with Gasteiger partial charge in [0.1, 0.15) is 12.1 Å². The van der Waals surface area contributed by atoms with Gasteiger partial charge in [0, 0.05) is 25.6 Å². The van der Waals surface area contributed by atoms with Crippen LogP contribution in [0.2, 0.25) is 0 Å². The Morgan fingerprint density at radius 1 is 1.03 bits per heavy atom. The number of carbonyl (C=O) groups excluding carboxylic acids is 5. The molecule has 9 heteroatoms. The number of ketones is 2. The van der Waals surface area contributed by atoms with Gasteiger partial charge in [-0.1, -0.05) is 19.4 Å². The topological polar surface area (TPSA) is 125 Å². The van der Waals surface area contributed by atoms with Gasteiger partial charge >= 0.3 is 0 Å². The molecule has 3 amide bonds. The van der Waals surface area contributed by atoms with Gasteiger partial charge in [-0.2, -0.15) is 0 Å². The van der Waals surface area contributed by atoms with Crippen molar-refractivity contribution in [3.8, 4) is 0 Å². The molecule has 2 atom stereocenters. The van der Waals surface area contributed by atoms with Crippen LogP contribution in [0.3, 0.4) is 0 Å². The zero-order valence-electron chi connectivity index (χ0n) is 17.6. The molecule has 166 valence electrons. The lowest BCUT2D eigenvalue weighted by molar-refractivity contribution is -0.135. The first-order valence-electron chi connectivity index (χ1n) is 10.6. The first kappa shape index (κ1) is 23.6. The van der Waals surface area contributed by atoms with Crippen molar-refractivity contribution in [2.75, 3.05) is 19.6 Å². The van der Waals surface area contributed by atoms with E-state index < -0.39 is 29.6 Å². The third-order valence-corrected chi connectivity index (χ3v) is 5.55. The third kappa shape index (κ3) is 6.96. The molecule has 2 aliphatic heterocycles.